The van der Waals surface area contributed by atoms with E-state index in [9.17, 15) is 0 Å². The fourth-order valence-corrected chi connectivity index (χ4v) is 1.03. The zero-order chi connectivity index (χ0) is 7.68. The third-order valence-electron chi connectivity index (χ3n) is 1.98. The first-order valence-electron chi connectivity index (χ1n) is 3.98. The Morgan fingerprint density at radius 1 is 1.73 bits per heavy atom. The lowest BCUT2D eigenvalue weighted by Gasteiger charge is -1.97. The highest BCUT2D eigenvalue weighted by molar-refractivity contribution is 5.04. The number of hydrogen-bond acceptors (Lipinski definition) is 3. The molecule has 1 aliphatic carbocycles. The second-order valence-electron chi connectivity index (χ2n) is 3.01. The first-order chi connectivity index (χ1) is 5.36. The molecule has 11 heavy (non-hydrogen) atoms. The monoisotopic (exact) mass is 152 g/mol. The average Bonchev–Trinajstić information content (AvgIpc) is 2.73. The molecule has 1 saturated carbocycles. The van der Waals surface area contributed by atoms with Crippen molar-refractivity contribution in [3.8, 4) is 0 Å². The molecule has 60 valence electrons. The SMILES string of the molecule is Cc1ocnc1CNC1CC1. The lowest BCUT2D eigenvalue weighted by atomic mass is 10.3. The van der Waals surface area contributed by atoms with Gasteiger partial charge in [0.2, 0.25) is 0 Å². The average molecular weight is 152 g/mol. The molecule has 3 nitrogen and oxygen atoms in total. The molecular weight excluding hydrogens is 140 g/mol. The summed E-state index contributed by atoms with van der Waals surface area (Å²) in [5, 5.41) is 3.38. The van der Waals surface area contributed by atoms with Crippen LogP contribution in [0.4, 0.5) is 0 Å². The third-order valence-corrected chi connectivity index (χ3v) is 1.98. The second kappa shape index (κ2) is 2.66. The van der Waals surface area contributed by atoms with Gasteiger partial charge in [-0.05, 0) is 19.8 Å². The highest BCUT2D eigenvalue weighted by Gasteiger charge is 2.20. The van der Waals surface area contributed by atoms with Crippen LogP contribution in [-0.4, -0.2) is 11.0 Å². The van der Waals surface area contributed by atoms with Gasteiger partial charge in [-0.25, -0.2) is 4.98 Å². The maximum absolute atomic E-state index is 5.07. The van der Waals surface area contributed by atoms with E-state index in [0.29, 0.717) is 0 Å². The van der Waals surface area contributed by atoms with Crippen LogP contribution in [0, 0.1) is 6.92 Å². The van der Waals surface area contributed by atoms with Crippen LogP contribution < -0.4 is 5.32 Å². The van der Waals surface area contributed by atoms with Crippen molar-refractivity contribution in [3.63, 3.8) is 0 Å². The van der Waals surface area contributed by atoms with E-state index in [1.807, 2.05) is 6.92 Å². The van der Waals surface area contributed by atoms with E-state index < -0.39 is 0 Å². The van der Waals surface area contributed by atoms with E-state index in [1.165, 1.54) is 19.2 Å². The Balaban J connectivity index is 1.89. The summed E-state index contributed by atoms with van der Waals surface area (Å²) < 4.78 is 5.07. The van der Waals surface area contributed by atoms with Gasteiger partial charge in [0.15, 0.2) is 6.39 Å². The minimum atomic E-state index is 0.742. The molecule has 2 rings (SSSR count). The maximum atomic E-state index is 5.07. The van der Waals surface area contributed by atoms with Gasteiger partial charge in [-0.3, -0.25) is 0 Å². The van der Waals surface area contributed by atoms with Gasteiger partial charge < -0.3 is 9.73 Å². The molecule has 0 unspecified atom stereocenters. The van der Waals surface area contributed by atoms with E-state index >= 15 is 0 Å². The normalized spacial score (nSPS) is 17.2. The summed E-state index contributed by atoms with van der Waals surface area (Å²) in [4.78, 5) is 4.09. The van der Waals surface area contributed by atoms with Crippen LogP contribution >= 0.6 is 0 Å². The van der Waals surface area contributed by atoms with Crippen molar-refractivity contribution in [2.75, 3.05) is 0 Å². The van der Waals surface area contributed by atoms with Crippen molar-refractivity contribution >= 4 is 0 Å². The van der Waals surface area contributed by atoms with Gasteiger partial charge in [0.25, 0.3) is 0 Å². The van der Waals surface area contributed by atoms with E-state index in [0.717, 1.165) is 24.0 Å². The quantitative estimate of drug-likeness (QED) is 0.708. The Labute approximate surface area is 65.8 Å². The third kappa shape index (κ3) is 1.60. The van der Waals surface area contributed by atoms with Crippen LogP contribution in [0.5, 0.6) is 0 Å². The number of oxazole rings is 1. The highest BCUT2D eigenvalue weighted by Crippen LogP contribution is 2.19. The van der Waals surface area contributed by atoms with Crippen LogP contribution in [0.25, 0.3) is 0 Å². The Hall–Kier alpha value is -0.830. The molecule has 0 amide bonds. The number of nitrogens with one attached hydrogen (secondary N) is 1. The van der Waals surface area contributed by atoms with Crippen LogP contribution in [0.2, 0.25) is 0 Å². The minimum absolute atomic E-state index is 0.742. The molecule has 0 radical (unpaired) electrons. The first-order valence-corrected chi connectivity index (χ1v) is 3.98. The highest BCUT2D eigenvalue weighted by atomic mass is 16.3. The van der Waals surface area contributed by atoms with Crippen molar-refractivity contribution in [1.29, 1.82) is 0 Å². The zero-order valence-corrected chi connectivity index (χ0v) is 6.63. The summed E-state index contributed by atoms with van der Waals surface area (Å²) in [7, 11) is 0. The summed E-state index contributed by atoms with van der Waals surface area (Å²) in [6.45, 7) is 2.80. The van der Waals surface area contributed by atoms with Crippen LogP contribution in [0.3, 0.4) is 0 Å². The Bertz CT molecular complexity index is 240. The van der Waals surface area contributed by atoms with E-state index in [1.54, 1.807) is 0 Å². The Kier molecular flexibility index (Phi) is 1.66. The van der Waals surface area contributed by atoms with E-state index in [2.05, 4.69) is 10.3 Å². The molecule has 0 aromatic carbocycles. The molecule has 0 saturated heterocycles. The van der Waals surface area contributed by atoms with Gasteiger partial charge in [0, 0.05) is 12.6 Å². The van der Waals surface area contributed by atoms with E-state index in [-0.39, 0.29) is 0 Å². The molecular formula is C8H12N2O. The molecule has 1 aromatic rings. The number of hydrogen-bond donors (Lipinski definition) is 1. The lowest BCUT2D eigenvalue weighted by molar-refractivity contribution is 0.522. The molecule has 3 heteroatoms. The van der Waals surface area contributed by atoms with Crippen molar-refractivity contribution in [3.05, 3.63) is 17.8 Å². The van der Waals surface area contributed by atoms with Crippen LogP contribution in [-0.2, 0) is 6.54 Å². The largest absolute Gasteiger partial charge is 0.448 e. The summed E-state index contributed by atoms with van der Waals surface area (Å²) in [6, 6.07) is 0.742. The standard InChI is InChI=1S/C8H12N2O/c1-6-8(10-5-11-6)4-9-7-2-3-7/h5,7,9H,2-4H2,1H3. The molecule has 1 aromatic heterocycles. The predicted octanol–water partition coefficient (Wildman–Crippen LogP) is 1.24. The topological polar surface area (TPSA) is 38.1 Å². The number of aromatic nitrogens is 1. The Morgan fingerprint density at radius 3 is 3.09 bits per heavy atom. The number of nitrogens with zero attached hydrogens (tertiary/aromatic N) is 1. The maximum Gasteiger partial charge on any atom is 0.181 e. The van der Waals surface area contributed by atoms with Crippen molar-refractivity contribution < 1.29 is 4.42 Å². The summed E-state index contributed by atoms with van der Waals surface area (Å²) in [5.74, 6) is 0.929. The zero-order valence-electron chi connectivity index (χ0n) is 6.63. The summed E-state index contributed by atoms with van der Waals surface area (Å²) >= 11 is 0. The molecule has 0 bridgehead atoms. The fraction of sp³-hybridized carbons (Fsp3) is 0.625. The van der Waals surface area contributed by atoms with Gasteiger partial charge in [0.1, 0.15) is 5.76 Å². The molecule has 1 heterocycles. The molecule has 0 spiro atoms. The van der Waals surface area contributed by atoms with Gasteiger partial charge >= 0.3 is 0 Å². The first kappa shape index (κ1) is 6.85. The summed E-state index contributed by atoms with van der Waals surface area (Å²) in [6.07, 6.45) is 4.13. The predicted molar refractivity (Wildman–Crippen MR) is 41.1 cm³/mol. The van der Waals surface area contributed by atoms with Gasteiger partial charge in [0.05, 0.1) is 5.69 Å². The number of rotatable bonds is 3. The second-order valence-corrected chi connectivity index (χ2v) is 3.01. The molecule has 0 aliphatic heterocycles. The molecule has 1 fully saturated rings. The molecule has 1 N–H and O–H groups in total. The van der Waals surface area contributed by atoms with Crippen molar-refractivity contribution in [2.24, 2.45) is 0 Å². The smallest absolute Gasteiger partial charge is 0.181 e. The van der Waals surface area contributed by atoms with Gasteiger partial charge in [-0.1, -0.05) is 0 Å². The van der Waals surface area contributed by atoms with Crippen molar-refractivity contribution in [2.45, 2.75) is 32.4 Å². The molecule has 0 atom stereocenters. The van der Waals surface area contributed by atoms with Gasteiger partial charge in [-0.2, -0.15) is 0 Å². The molecule has 1 aliphatic rings. The van der Waals surface area contributed by atoms with Crippen LogP contribution in [0.15, 0.2) is 10.8 Å². The Morgan fingerprint density at radius 2 is 2.55 bits per heavy atom. The lowest BCUT2D eigenvalue weighted by Crippen LogP contribution is -2.15. The van der Waals surface area contributed by atoms with Crippen molar-refractivity contribution in [1.82, 2.24) is 10.3 Å². The minimum Gasteiger partial charge on any atom is -0.448 e. The van der Waals surface area contributed by atoms with E-state index in [4.69, 9.17) is 4.42 Å². The van der Waals surface area contributed by atoms with Gasteiger partial charge in [-0.15, -0.1) is 0 Å². The number of aryl methyl sites for hydroxylation is 1. The fourth-order valence-electron chi connectivity index (χ4n) is 1.03. The van der Waals surface area contributed by atoms with Crippen LogP contribution in [0.1, 0.15) is 24.3 Å². The summed E-state index contributed by atoms with van der Waals surface area (Å²) in [5.41, 5.74) is 1.04.